The van der Waals surface area contributed by atoms with Gasteiger partial charge in [-0.15, -0.1) is 0 Å². The monoisotopic (exact) mass is 492 g/mol. The average Bonchev–Trinajstić information content (AvgIpc) is 3.40. The largest absolute Gasteiger partial charge is 0.394 e. The van der Waals surface area contributed by atoms with Gasteiger partial charge < -0.3 is 15.2 Å². The summed E-state index contributed by atoms with van der Waals surface area (Å²) in [6.45, 7) is 2.00. The number of hydrogen-bond acceptors (Lipinski definition) is 7. The van der Waals surface area contributed by atoms with E-state index in [1.165, 1.54) is 23.0 Å². The van der Waals surface area contributed by atoms with Crippen LogP contribution in [0.4, 0.5) is 11.5 Å². The maximum Gasteiger partial charge on any atom is 0.167 e. The summed E-state index contributed by atoms with van der Waals surface area (Å²) in [5.41, 5.74) is 5.89. The molecular formula is C29H28N6O2. The molecule has 0 aliphatic carbocycles. The Bertz CT molecular complexity index is 1460. The van der Waals surface area contributed by atoms with E-state index in [4.69, 9.17) is 4.74 Å². The zero-order valence-electron chi connectivity index (χ0n) is 20.3. The van der Waals surface area contributed by atoms with Gasteiger partial charge in [-0.3, -0.25) is 9.47 Å². The lowest BCUT2D eigenvalue weighted by atomic mass is 10.0. The minimum absolute atomic E-state index is 0.0532. The van der Waals surface area contributed by atoms with Gasteiger partial charge in [-0.2, -0.15) is 0 Å². The van der Waals surface area contributed by atoms with E-state index in [0.717, 1.165) is 12.2 Å². The van der Waals surface area contributed by atoms with Gasteiger partial charge in [-0.05, 0) is 28.8 Å². The van der Waals surface area contributed by atoms with Crippen molar-refractivity contribution in [3.05, 3.63) is 103 Å². The number of aliphatic hydroxyl groups excluding tert-OH is 1. The first-order valence-corrected chi connectivity index (χ1v) is 12.4. The summed E-state index contributed by atoms with van der Waals surface area (Å²) in [7, 11) is 0. The Morgan fingerprint density at radius 2 is 1.57 bits per heavy atom. The van der Waals surface area contributed by atoms with Crippen LogP contribution in [0.1, 0.15) is 11.8 Å². The van der Waals surface area contributed by atoms with E-state index in [1.807, 2.05) is 41.0 Å². The van der Waals surface area contributed by atoms with Crippen LogP contribution in [0.5, 0.6) is 0 Å². The maximum absolute atomic E-state index is 9.96. The number of morpholine rings is 1. The molecule has 3 heterocycles. The Labute approximate surface area is 215 Å². The highest BCUT2D eigenvalue weighted by atomic mass is 16.5. The third kappa shape index (κ3) is 5.08. The lowest BCUT2D eigenvalue weighted by molar-refractivity contribution is -0.135. The van der Waals surface area contributed by atoms with Crippen molar-refractivity contribution in [2.24, 2.45) is 0 Å². The third-order valence-corrected chi connectivity index (χ3v) is 6.60. The fourth-order valence-corrected chi connectivity index (χ4v) is 4.78. The van der Waals surface area contributed by atoms with Crippen molar-refractivity contribution in [3.63, 3.8) is 0 Å². The molecule has 5 aromatic rings. The Kier molecular flexibility index (Phi) is 6.60. The smallest absolute Gasteiger partial charge is 0.167 e. The number of aromatic nitrogens is 4. The molecule has 1 fully saturated rings. The van der Waals surface area contributed by atoms with E-state index in [-0.39, 0.29) is 18.9 Å². The van der Waals surface area contributed by atoms with Crippen LogP contribution in [0, 0.1) is 0 Å². The summed E-state index contributed by atoms with van der Waals surface area (Å²) in [6.07, 6.45) is 2.64. The molecule has 0 radical (unpaired) electrons. The molecule has 8 heteroatoms. The van der Waals surface area contributed by atoms with Gasteiger partial charge in [-0.1, -0.05) is 72.8 Å². The summed E-state index contributed by atoms with van der Waals surface area (Å²) in [5, 5.41) is 13.3. The molecule has 2 aromatic heterocycles. The number of anilines is 2. The number of benzene rings is 3. The Morgan fingerprint density at radius 3 is 2.32 bits per heavy atom. The number of rotatable bonds is 7. The summed E-state index contributed by atoms with van der Waals surface area (Å²) >= 11 is 0. The number of fused-ring (bicyclic) bond motifs is 1. The van der Waals surface area contributed by atoms with Crippen molar-refractivity contribution in [2.45, 2.75) is 18.9 Å². The van der Waals surface area contributed by atoms with E-state index >= 15 is 0 Å². The van der Waals surface area contributed by atoms with Gasteiger partial charge in [0.15, 0.2) is 17.0 Å². The lowest BCUT2D eigenvalue weighted by Crippen LogP contribution is -2.46. The number of nitrogens with one attached hydrogen (secondary N) is 1. The average molecular weight is 493 g/mol. The van der Waals surface area contributed by atoms with Gasteiger partial charge in [-0.25, -0.2) is 15.0 Å². The molecule has 0 saturated carbocycles. The van der Waals surface area contributed by atoms with E-state index in [9.17, 15) is 5.11 Å². The first kappa shape index (κ1) is 23.3. The van der Waals surface area contributed by atoms with Gasteiger partial charge in [0.25, 0.3) is 0 Å². The van der Waals surface area contributed by atoms with Gasteiger partial charge >= 0.3 is 0 Å². The second-order valence-corrected chi connectivity index (χ2v) is 9.19. The molecule has 1 saturated heterocycles. The molecule has 1 aliphatic rings. The number of nitrogens with zero attached hydrogens (tertiary/aromatic N) is 5. The molecule has 0 unspecified atom stereocenters. The predicted octanol–water partition coefficient (Wildman–Crippen LogP) is 4.63. The standard InChI is InChI=1S/C29H28N6O2/c36-18-25-16-34(15-21-11-13-23(14-12-21)22-7-3-1-4-8-22)17-26(37-25)35-20-32-27-28(30-19-31-29(27)35)33-24-9-5-2-6-10-24/h1-14,19-20,25-26,36H,15-18H2,(H,30,31,33)/t25-,26+/m0/s1. The molecule has 2 atom stereocenters. The number of para-hydroxylation sites is 1. The summed E-state index contributed by atoms with van der Waals surface area (Å²) in [6, 6.07) is 28.9. The maximum atomic E-state index is 9.96. The van der Waals surface area contributed by atoms with Crippen molar-refractivity contribution in [1.82, 2.24) is 24.4 Å². The van der Waals surface area contributed by atoms with Crippen molar-refractivity contribution in [3.8, 4) is 11.1 Å². The Morgan fingerprint density at radius 1 is 0.838 bits per heavy atom. The van der Waals surface area contributed by atoms with E-state index in [0.29, 0.717) is 30.1 Å². The van der Waals surface area contributed by atoms with Crippen LogP contribution in [0.25, 0.3) is 22.3 Å². The SMILES string of the molecule is OC[C@@H]1CN(Cc2ccc(-c3ccccc3)cc2)C[C@H](n2cnc3c(Nc4ccccc4)ncnc32)O1. The summed E-state index contributed by atoms with van der Waals surface area (Å²) < 4.78 is 8.17. The minimum Gasteiger partial charge on any atom is -0.394 e. The number of aliphatic hydroxyl groups is 1. The van der Waals surface area contributed by atoms with E-state index < -0.39 is 0 Å². The first-order chi connectivity index (χ1) is 18.3. The topological polar surface area (TPSA) is 88.3 Å². The fourth-order valence-electron chi connectivity index (χ4n) is 4.78. The highest BCUT2D eigenvalue weighted by Crippen LogP contribution is 2.28. The fraction of sp³-hybridized carbons (Fsp3) is 0.207. The van der Waals surface area contributed by atoms with Crippen molar-refractivity contribution < 1.29 is 9.84 Å². The van der Waals surface area contributed by atoms with E-state index in [1.54, 1.807) is 6.33 Å². The van der Waals surface area contributed by atoms with Crippen molar-refractivity contribution in [2.75, 3.05) is 25.0 Å². The normalized spacial score (nSPS) is 18.2. The lowest BCUT2D eigenvalue weighted by Gasteiger charge is -2.38. The highest BCUT2D eigenvalue weighted by Gasteiger charge is 2.30. The molecule has 0 bridgehead atoms. The van der Waals surface area contributed by atoms with Gasteiger partial charge in [0.2, 0.25) is 0 Å². The Balaban J connectivity index is 1.21. The van der Waals surface area contributed by atoms with Crippen LogP contribution in [0.3, 0.4) is 0 Å². The number of hydrogen-bond donors (Lipinski definition) is 2. The summed E-state index contributed by atoms with van der Waals surface area (Å²) in [5.74, 6) is 0.639. The molecule has 2 N–H and O–H groups in total. The van der Waals surface area contributed by atoms with Crippen molar-refractivity contribution in [1.29, 1.82) is 0 Å². The van der Waals surface area contributed by atoms with Gasteiger partial charge in [0, 0.05) is 25.3 Å². The zero-order valence-corrected chi connectivity index (χ0v) is 20.3. The molecule has 37 heavy (non-hydrogen) atoms. The Hall–Kier alpha value is -4.11. The molecule has 0 spiro atoms. The number of imidazole rings is 1. The van der Waals surface area contributed by atoms with Crippen molar-refractivity contribution >= 4 is 22.7 Å². The van der Waals surface area contributed by atoms with Crippen LogP contribution >= 0.6 is 0 Å². The quantitative estimate of drug-likeness (QED) is 0.343. The van der Waals surface area contributed by atoms with Crippen LogP contribution in [0.2, 0.25) is 0 Å². The highest BCUT2D eigenvalue weighted by molar-refractivity contribution is 5.85. The minimum atomic E-state index is -0.334. The molecule has 6 rings (SSSR count). The second kappa shape index (κ2) is 10.5. The van der Waals surface area contributed by atoms with Crippen LogP contribution < -0.4 is 5.32 Å². The first-order valence-electron chi connectivity index (χ1n) is 12.4. The molecule has 3 aromatic carbocycles. The number of ether oxygens (including phenoxy) is 1. The zero-order chi connectivity index (χ0) is 25.0. The predicted molar refractivity (Wildman–Crippen MR) is 143 cm³/mol. The van der Waals surface area contributed by atoms with Crippen LogP contribution in [-0.4, -0.2) is 55.3 Å². The van der Waals surface area contributed by atoms with Crippen LogP contribution in [-0.2, 0) is 11.3 Å². The summed E-state index contributed by atoms with van der Waals surface area (Å²) in [4.78, 5) is 15.8. The van der Waals surface area contributed by atoms with Gasteiger partial charge in [0.05, 0.1) is 19.0 Å². The third-order valence-electron chi connectivity index (χ3n) is 6.60. The van der Waals surface area contributed by atoms with Crippen LogP contribution in [0.15, 0.2) is 97.6 Å². The second-order valence-electron chi connectivity index (χ2n) is 9.19. The molecule has 186 valence electrons. The van der Waals surface area contributed by atoms with Gasteiger partial charge in [0.1, 0.15) is 12.6 Å². The molecule has 0 amide bonds. The van der Waals surface area contributed by atoms with E-state index in [2.05, 4.69) is 73.7 Å². The molecule has 8 nitrogen and oxygen atoms in total. The molecular weight excluding hydrogens is 464 g/mol. The molecule has 1 aliphatic heterocycles.